The molecular weight excluding hydrogens is 306 g/mol. The molecule has 1 saturated carbocycles. The highest BCUT2D eigenvalue weighted by Gasteiger charge is 2.29. The molecule has 0 aromatic heterocycles. The number of hydrogen-bond acceptors (Lipinski definition) is 5. The summed E-state index contributed by atoms with van der Waals surface area (Å²) in [4.78, 5) is 12.5. The summed E-state index contributed by atoms with van der Waals surface area (Å²) in [5, 5.41) is 3.04. The van der Waals surface area contributed by atoms with E-state index in [-0.39, 0.29) is 18.9 Å². The molecule has 0 spiro atoms. The highest BCUT2D eigenvalue weighted by atomic mass is 16.7. The summed E-state index contributed by atoms with van der Waals surface area (Å²) < 4.78 is 10.7. The summed E-state index contributed by atoms with van der Waals surface area (Å²) in [6.45, 7) is 0.173. The first kappa shape index (κ1) is 15.7. The fourth-order valence-corrected chi connectivity index (χ4v) is 4.04. The predicted molar refractivity (Wildman–Crippen MR) is 89.7 cm³/mol. The third-order valence-electron chi connectivity index (χ3n) is 5.27. The van der Waals surface area contributed by atoms with E-state index in [2.05, 4.69) is 16.2 Å². The van der Waals surface area contributed by atoms with Crippen molar-refractivity contribution < 1.29 is 14.3 Å². The number of benzene rings is 1. The summed E-state index contributed by atoms with van der Waals surface area (Å²) in [5.74, 6) is 1.88. The van der Waals surface area contributed by atoms with Gasteiger partial charge in [-0.15, -0.1) is 0 Å². The molecule has 2 aliphatic heterocycles. The van der Waals surface area contributed by atoms with Gasteiger partial charge in [-0.25, -0.2) is 5.43 Å². The number of hydrogen-bond donors (Lipinski definition) is 3. The maximum Gasteiger partial charge on any atom is 0.256 e. The molecular formula is C18H25N3O3. The Morgan fingerprint density at radius 3 is 2.92 bits per heavy atom. The highest BCUT2D eigenvalue weighted by Crippen LogP contribution is 2.35. The van der Waals surface area contributed by atoms with Gasteiger partial charge in [-0.3, -0.25) is 10.2 Å². The van der Waals surface area contributed by atoms with Crippen LogP contribution in [0.1, 0.15) is 55.3 Å². The van der Waals surface area contributed by atoms with E-state index in [9.17, 15) is 4.79 Å². The summed E-state index contributed by atoms with van der Waals surface area (Å²) in [6, 6.07) is 5.83. The summed E-state index contributed by atoms with van der Waals surface area (Å²) >= 11 is 0. The van der Waals surface area contributed by atoms with Gasteiger partial charge < -0.3 is 14.8 Å². The number of ether oxygens (including phenoxy) is 2. The minimum atomic E-state index is -0.130. The van der Waals surface area contributed by atoms with Crippen molar-refractivity contribution in [3.05, 3.63) is 23.8 Å². The van der Waals surface area contributed by atoms with E-state index in [0.29, 0.717) is 23.1 Å². The van der Waals surface area contributed by atoms with Crippen LogP contribution in [0.2, 0.25) is 0 Å². The van der Waals surface area contributed by atoms with E-state index in [1.807, 2.05) is 12.1 Å². The number of nitrogens with one attached hydrogen (secondary N) is 3. The number of amides is 1. The average Bonchev–Trinajstić information content (AvgIpc) is 3.24. The van der Waals surface area contributed by atoms with Crippen molar-refractivity contribution in [2.75, 3.05) is 6.79 Å². The van der Waals surface area contributed by atoms with E-state index in [1.165, 1.54) is 38.5 Å². The van der Waals surface area contributed by atoms with E-state index in [1.54, 1.807) is 6.07 Å². The van der Waals surface area contributed by atoms with Crippen molar-refractivity contribution in [1.82, 2.24) is 16.2 Å². The van der Waals surface area contributed by atoms with E-state index in [4.69, 9.17) is 9.47 Å². The van der Waals surface area contributed by atoms with E-state index in [0.717, 1.165) is 12.3 Å². The van der Waals surface area contributed by atoms with Crippen LogP contribution in [0.25, 0.3) is 0 Å². The zero-order valence-corrected chi connectivity index (χ0v) is 13.8. The average molecular weight is 331 g/mol. The normalized spacial score (nSPS) is 26.5. The first-order valence-corrected chi connectivity index (χ1v) is 9.00. The molecule has 2 heterocycles. The SMILES string of the molecule is O=C(NC1CC(CC2CCCCC2)NN1)c1cccc2c1OCO2. The Kier molecular flexibility index (Phi) is 4.58. The van der Waals surface area contributed by atoms with Crippen molar-refractivity contribution in [2.24, 2.45) is 5.92 Å². The van der Waals surface area contributed by atoms with Gasteiger partial charge in [-0.2, -0.15) is 0 Å². The second-order valence-corrected chi connectivity index (χ2v) is 7.03. The molecule has 2 unspecified atom stereocenters. The highest BCUT2D eigenvalue weighted by molar-refractivity contribution is 5.98. The molecule has 0 bridgehead atoms. The van der Waals surface area contributed by atoms with Gasteiger partial charge in [0, 0.05) is 6.04 Å². The van der Waals surface area contributed by atoms with Crippen molar-refractivity contribution in [3.63, 3.8) is 0 Å². The first-order chi connectivity index (χ1) is 11.8. The fourth-order valence-electron chi connectivity index (χ4n) is 4.04. The van der Waals surface area contributed by atoms with Crippen LogP contribution in [0.5, 0.6) is 11.5 Å². The van der Waals surface area contributed by atoms with E-state index >= 15 is 0 Å². The monoisotopic (exact) mass is 331 g/mol. The molecule has 3 N–H and O–H groups in total. The zero-order valence-electron chi connectivity index (χ0n) is 13.8. The molecule has 6 heteroatoms. The summed E-state index contributed by atoms with van der Waals surface area (Å²) in [6.07, 6.45) is 8.87. The van der Waals surface area contributed by atoms with Crippen LogP contribution in [0, 0.1) is 5.92 Å². The van der Waals surface area contributed by atoms with Crippen LogP contribution in [0.3, 0.4) is 0 Å². The molecule has 1 saturated heterocycles. The summed E-state index contributed by atoms with van der Waals surface area (Å²) in [5.41, 5.74) is 7.08. The van der Waals surface area contributed by atoms with Gasteiger partial charge in [-0.1, -0.05) is 38.2 Å². The lowest BCUT2D eigenvalue weighted by atomic mass is 9.84. The number of rotatable bonds is 4. The van der Waals surface area contributed by atoms with Crippen LogP contribution in [-0.4, -0.2) is 24.9 Å². The minimum Gasteiger partial charge on any atom is -0.454 e. The number of hydrazine groups is 1. The van der Waals surface area contributed by atoms with Crippen molar-refractivity contribution in [1.29, 1.82) is 0 Å². The number of para-hydroxylation sites is 1. The molecule has 6 nitrogen and oxygen atoms in total. The molecule has 0 radical (unpaired) electrons. The topological polar surface area (TPSA) is 71.6 Å². The Hall–Kier alpha value is -1.79. The number of carbonyl (C=O) groups is 1. The quantitative estimate of drug-likeness (QED) is 0.790. The standard InChI is InChI=1S/C18H25N3O3/c22-18(14-7-4-8-15-17(14)24-11-23-15)19-16-10-13(20-21-16)9-12-5-2-1-3-6-12/h4,7-8,12-13,16,20-21H,1-3,5-6,9-11H2,(H,19,22). The van der Waals surface area contributed by atoms with Gasteiger partial charge in [0.25, 0.3) is 5.91 Å². The van der Waals surface area contributed by atoms with Gasteiger partial charge in [0.2, 0.25) is 6.79 Å². The van der Waals surface area contributed by atoms with Crippen molar-refractivity contribution in [3.8, 4) is 11.5 Å². The van der Waals surface area contributed by atoms with Gasteiger partial charge in [-0.05, 0) is 30.9 Å². The molecule has 1 amide bonds. The van der Waals surface area contributed by atoms with E-state index < -0.39 is 0 Å². The lowest BCUT2D eigenvalue weighted by Crippen LogP contribution is -2.44. The van der Waals surface area contributed by atoms with Crippen LogP contribution in [0.15, 0.2) is 18.2 Å². The molecule has 1 aromatic rings. The van der Waals surface area contributed by atoms with Crippen LogP contribution in [0.4, 0.5) is 0 Å². The van der Waals surface area contributed by atoms with Gasteiger partial charge in [0.1, 0.15) is 0 Å². The predicted octanol–water partition coefficient (Wildman–Crippen LogP) is 2.31. The van der Waals surface area contributed by atoms with Gasteiger partial charge in [0.15, 0.2) is 11.5 Å². The lowest BCUT2D eigenvalue weighted by molar-refractivity contribution is 0.0927. The Bertz CT molecular complexity index is 601. The maximum atomic E-state index is 12.5. The van der Waals surface area contributed by atoms with Gasteiger partial charge >= 0.3 is 0 Å². The minimum absolute atomic E-state index is 0.0516. The lowest BCUT2D eigenvalue weighted by Gasteiger charge is -2.24. The Morgan fingerprint density at radius 1 is 1.17 bits per heavy atom. The van der Waals surface area contributed by atoms with Crippen LogP contribution in [-0.2, 0) is 0 Å². The largest absolute Gasteiger partial charge is 0.454 e. The first-order valence-electron chi connectivity index (χ1n) is 9.00. The smallest absolute Gasteiger partial charge is 0.256 e. The zero-order chi connectivity index (χ0) is 16.4. The molecule has 1 aromatic carbocycles. The second kappa shape index (κ2) is 6.99. The third kappa shape index (κ3) is 3.35. The molecule has 4 rings (SSSR count). The van der Waals surface area contributed by atoms with Crippen LogP contribution < -0.4 is 25.6 Å². The van der Waals surface area contributed by atoms with Crippen LogP contribution >= 0.6 is 0 Å². The summed E-state index contributed by atoms with van der Waals surface area (Å²) in [7, 11) is 0. The number of carbonyl (C=O) groups excluding carboxylic acids is 1. The molecule has 2 atom stereocenters. The Balaban J connectivity index is 1.32. The molecule has 1 aliphatic carbocycles. The maximum absolute atomic E-state index is 12.5. The molecule has 130 valence electrons. The Labute approximate surface area is 142 Å². The molecule has 3 aliphatic rings. The van der Waals surface area contributed by atoms with Crippen molar-refractivity contribution >= 4 is 5.91 Å². The third-order valence-corrected chi connectivity index (χ3v) is 5.27. The fraction of sp³-hybridized carbons (Fsp3) is 0.611. The molecule has 2 fully saturated rings. The van der Waals surface area contributed by atoms with Crippen molar-refractivity contribution in [2.45, 2.75) is 57.2 Å². The second-order valence-electron chi connectivity index (χ2n) is 7.03. The Morgan fingerprint density at radius 2 is 2.04 bits per heavy atom. The number of fused-ring (bicyclic) bond motifs is 1. The molecule has 24 heavy (non-hydrogen) atoms. The van der Waals surface area contributed by atoms with Gasteiger partial charge in [0.05, 0.1) is 11.7 Å².